The third-order valence-electron chi connectivity index (χ3n) is 3.15. The average Bonchev–Trinajstić information content (AvgIpc) is 2.86. The maximum Gasteiger partial charge on any atom is 0.0943 e. The highest BCUT2D eigenvalue weighted by Crippen LogP contribution is 2.22. The maximum absolute atomic E-state index is 4.41. The van der Waals surface area contributed by atoms with E-state index in [-0.39, 0.29) is 0 Å². The molecule has 0 radical (unpaired) electrons. The van der Waals surface area contributed by atoms with Crippen LogP contribution < -0.4 is 5.32 Å². The van der Waals surface area contributed by atoms with Gasteiger partial charge in [0.2, 0.25) is 0 Å². The predicted molar refractivity (Wildman–Crippen MR) is 82.8 cm³/mol. The number of rotatable bonds is 6. The Kier molecular flexibility index (Phi) is 5.11. The van der Waals surface area contributed by atoms with E-state index in [1.54, 1.807) is 11.3 Å². The zero-order chi connectivity index (χ0) is 13.7. The first-order chi connectivity index (χ1) is 9.19. The molecule has 1 heterocycles. The molecule has 1 aromatic carbocycles. The van der Waals surface area contributed by atoms with E-state index in [0.29, 0.717) is 6.04 Å². The van der Waals surface area contributed by atoms with E-state index < -0.39 is 0 Å². The first-order valence-electron chi connectivity index (χ1n) is 6.89. The SMILES string of the molecule is CCCNC(Cc1nccs1)c1cc(C)cc(C)c1. The molecule has 102 valence electrons. The van der Waals surface area contributed by atoms with Crippen LogP contribution in [-0.2, 0) is 6.42 Å². The number of hydrogen-bond donors (Lipinski definition) is 1. The normalized spacial score (nSPS) is 12.6. The Balaban J connectivity index is 2.20. The van der Waals surface area contributed by atoms with E-state index in [0.717, 1.165) is 19.4 Å². The van der Waals surface area contributed by atoms with Crippen LogP contribution >= 0.6 is 11.3 Å². The highest BCUT2D eigenvalue weighted by Gasteiger charge is 2.13. The molecule has 2 rings (SSSR count). The molecule has 0 amide bonds. The smallest absolute Gasteiger partial charge is 0.0943 e. The molecule has 0 bridgehead atoms. The van der Waals surface area contributed by atoms with Gasteiger partial charge in [0, 0.05) is 24.0 Å². The second-order valence-corrected chi connectivity index (χ2v) is 6.04. The van der Waals surface area contributed by atoms with Crippen molar-refractivity contribution in [2.75, 3.05) is 6.54 Å². The van der Waals surface area contributed by atoms with Crippen LogP contribution in [0.2, 0.25) is 0 Å². The lowest BCUT2D eigenvalue weighted by atomic mass is 9.99. The highest BCUT2D eigenvalue weighted by atomic mass is 32.1. The van der Waals surface area contributed by atoms with E-state index in [9.17, 15) is 0 Å². The minimum absolute atomic E-state index is 0.365. The first kappa shape index (κ1) is 14.2. The van der Waals surface area contributed by atoms with Crippen molar-refractivity contribution in [1.29, 1.82) is 0 Å². The second-order valence-electron chi connectivity index (χ2n) is 5.06. The fraction of sp³-hybridized carbons (Fsp3) is 0.438. The highest BCUT2D eigenvalue weighted by molar-refractivity contribution is 7.09. The van der Waals surface area contributed by atoms with Crippen molar-refractivity contribution in [1.82, 2.24) is 10.3 Å². The van der Waals surface area contributed by atoms with Crippen molar-refractivity contribution in [3.05, 3.63) is 51.5 Å². The summed E-state index contributed by atoms with van der Waals surface area (Å²) >= 11 is 1.74. The van der Waals surface area contributed by atoms with Gasteiger partial charge < -0.3 is 5.32 Å². The molecule has 0 aliphatic heterocycles. The van der Waals surface area contributed by atoms with Crippen LogP contribution in [-0.4, -0.2) is 11.5 Å². The molecule has 1 N–H and O–H groups in total. The Bertz CT molecular complexity index is 485. The van der Waals surface area contributed by atoms with Gasteiger partial charge in [-0.25, -0.2) is 4.98 Å². The molecule has 3 heteroatoms. The van der Waals surface area contributed by atoms with Gasteiger partial charge in [0.25, 0.3) is 0 Å². The summed E-state index contributed by atoms with van der Waals surface area (Å²) in [5.74, 6) is 0. The molecule has 1 aromatic heterocycles. The standard InChI is InChI=1S/C16H22N2S/c1-4-5-17-15(11-16-18-6-7-19-16)14-9-12(2)8-13(3)10-14/h6-10,15,17H,4-5,11H2,1-3H3. The van der Waals surface area contributed by atoms with E-state index in [1.807, 2.05) is 11.6 Å². The monoisotopic (exact) mass is 274 g/mol. The molecule has 2 aromatic rings. The molecule has 0 saturated heterocycles. The molecular weight excluding hydrogens is 252 g/mol. The summed E-state index contributed by atoms with van der Waals surface area (Å²) in [4.78, 5) is 4.41. The summed E-state index contributed by atoms with van der Waals surface area (Å²) in [5, 5.41) is 6.90. The summed E-state index contributed by atoms with van der Waals surface area (Å²) in [5.41, 5.74) is 4.04. The molecule has 0 spiro atoms. The van der Waals surface area contributed by atoms with Crippen molar-refractivity contribution in [2.24, 2.45) is 0 Å². The fourth-order valence-electron chi connectivity index (χ4n) is 2.37. The number of thiazole rings is 1. The van der Waals surface area contributed by atoms with E-state index in [1.165, 1.54) is 21.7 Å². The van der Waals surface area contributed by atoms with E-state index in [4.69, 9.17) is 0 Å². The van der Waals surface area contributed by atoms with Gasteiger partial charge in [-0.05, 0) is 32.4 Å². The molecule has 0 aliphatic carbocycles. The average molecular weight is 274 g/mol. The zero-order valence-corrected chi connectivity index (χ0v) is 12.8. The van der Waals surface area contributed by atoms with Crippen LogP contribution in [0, 0.1) is 13.8 Å². The minimum atomic E-state index is 0.365. The summed E-state index contributed by atoms with van der Waals surface area (Å²) in [7, 11) is 0. The van der Waals surface area contributed by atoms with Crippen molar-refractivity contribution >= 4 is 11.3 Å². The molecule has 1 unspecified atom stereocenters. The van der Waals surface area contributed by atoms with Crippen molar-refractivity contribution in [2.45, 2.75) is 39.7 Å². The fourth-order valence-corrected chi connectivity index (χ4v) is 3.03. The van der Waals surface area contributed by atoms with Gasteiger partial charge in [-0.1, -0.05) is 36.2 Å². The lowest BCUT2D eigenvalue weighted by Crippen LogP contribution is -2.24. The van der Waals surface area contributed by atoms with Crippen LogP contribution in [0.15, 0.2) is 29.8 Å². The number of aryl methyl sites for hydroxylation is 2. The van der Waals surface area contributed by atoms with Crippen molar-refractivity contribution in [3.63, 3.8) is 0 Å². The Morgan fingerprint density at radius 2 is 1.95 bits per heavy atom. The van der Waals surface area contributed by atoms with Crippen LogP contribution in [0.1, 0.15) is 41.1 Å². The molecule has 0 saturated carbocycles. The summed E-state index contributed by atoms with van der Waals surface area (Å²) in [6, 6.07) is 7.16. The topological polar surface area (TPSA) is 24.9 Å². The Morgan fingerprint density at radius 1 is 1.21 bits per heavy atom. The maximum atomic E-state index is 4.41. The molecular formula is C16H22N2S. The van der Waals surface area contributed by atoms with E-state index >= 15 is 0 Å². The second kappa shape index (κ2) is 6.83. The van der Waals surface area contributed by atoms with Gasteiger partial charge in [0.1, 0.15) is 0 Å². The summed E-state index contributed by atoms with van der Waals surface area (Å²) in [6.45, 7) is 7.57. The third kappa shape index (κ3) is 4.15. The number of nitrogens with zero attached hydrogens (tertiary/aromatic N) is 1. The molecule has 0 fully saturated rings. The van der Waals surface area contributed by atoms with Gasteiger partial charge in [0.15, 0.2) is 0 Å². The minimum Gasteiger partial charge on any atom is -0.310 e. The van der Waals surface area contributed by atoms with Crippen LogP contribution in [0.5, 0.6) is 0 Å². The van der Waals surface area contributed by atoms with Gasteiger partial charge in [-0.2, -0.15) is 0 Å². The van der Waals surface area contributed by atoms with E-state index in [2.05, 4.69) is 49.3 Å². The quantitative estimate of drug-likeness (QED) is 0.860. The van der Waals surface area contributed by atoms with Crippen molar-refractivity contribution in [3.8, 4) is 0 Å². The summed E-state index contributed by atoms with van der Waals surface area (Å²) in [6.07, 6.45) is 4.01. The molecule has 2 nitrogen and oxygen atoms in total. The van der Waals surface area contributed by atoms with Gasteiger partial charge in [-0.15, -0.1) is 11.3 Å². The molecule has 1 atom stereocenters. The predicted octanol–water partition coefficient (Wildman–Crippen LogP) is 4.04. The van der Waals surface area contributed by atoms with Gasteiger partial charge >= 0.3 is 0 Å². The van der Waals surface area contributed by atoms with Crippen LogP contribution in [0.25, 0.3) is 0 Å². The lowest BCUT2D eigenvalue weighted by Gasteiger charge is -2.19. The largest absolute Gasteiger partial charge is 0.310 e. The number of nitrogens with one attached hydrogen (secondary N) is 1. The summed E-state index contributed by atoms with van der Waals surface area (Å²) < 4.78 is 0. The number of aromatic nitrogens is 1. The third-order valence-corrected chi connectivity index (χ3v) is 3.95. The van der Waals surface area contributed by atoms with Gasteiger partial charge in [0.05, 0.1) is 5.01 Å². The molecule has 19 heavy (non-hydrogen) atoms. The van der Waals surface area contributed by atoms with Crippen LogP contribution in [0.4, 0.5) is 0 Å². The van der Waals surface area contributed by atoms with Crippen molar-refractivity contribution < 1.29 is 0 Å². The van der Waals surface area contributed by atoms with Crippen LogP contribution in [0.3, 0.4) is 0 Å². The Labute approximate surface area is 119 Å². The Morgan fingerprint density at radius 3 is 2.53 bits per heavy atom. The molecule has 0 aliphatic rings. The number of benzene rings is 1. The Hall–Kier alpha value is -1.19. The zero-order valence-electron chi connectivity index (χ0n) is 11.9. The first-order valence-corrected chi connectivity index (χ1v) is 7.77. The number of hydrogen-bond acceptors (Lipinski definition) is 3. The lowest BCUT2D eigenvalue weighted by molar-refractivity contribution is 0.528. The van der Waals surface area contributed by atoms with Gasteiger partial charge in [-0.3, -0.25) is 0 Å².